The summed E-state index contributed by atoms with van der Waals surface area (Å²) in [6, 6.07) is 10.7. The Hall–Kier alpha value is -2.31. The van der Waals surface area contributed by atoms with E-state index in [0.29, 0.717) is 30.1 Å². The first-order chi connectivity index (χ1) is 16.2. The molecule has 2 aromatic rings. The van der Waals surface area contributed by atoms with Crippen LogP contribution in [0.25, 0.3) is 5.57 Å². The minimum atomic E-state index is 0.363. The highest BCUT2D eigenvalue weighted by molar-refractivity contribution is 7.98. The van der Waals surface area contributed by atoms with Gasteiger partial charge in [0.1, 0.15) is 5.75 Å². The molecule has 1 saturated carbocycles. The van der Waals surface area contributed by atoms with Crippen molar-refractivity contribution in [3.05, 3.63) is 72.0 Å². The first-order valence-electron chi connectivity index (χ1n) is 12.0. The van der Waals surface area contributed by atoms with Crippen LogP contribution in [-0.4, -0.2) is 47.1 Å². The van der Waals surface area contributed by atoms with Gasteiger partial charge < -0.3 is 9.15 Å². The van der Waals surface area contributed by atoms with Gasteiger partial charge in [0.25, 0.3) is 0 Å². The molecule has 1 aromatic carbocycles. The van der Waals surface area contributed by atoms with E-state index in [4.69, 9.17) is 9.15 Å². The number of likely N-dealkylation sites (N-methyl/N-ethyl adjacent to an activating group) is 1. The number of para-hydroxylation sites is 1. The monoisotopic (exact) mass is 465 g/mol. The highest BCUT2D eigenvalue weighted by Crippen LogP contribution is 2.32. The van der Waals surface area contributed by atoms with Crippen LogP contribution in [-0.2, 0) is 5.75 Å². The van der Waals surface area contributed by atoms with Gasteiger partial charge in [-0.1, -0.05) is 62.3 Å². The molecule has 1 atom stereocenters. The molecule has 1 heterocycles. The fourth-order valence-electron chi connectivity index (χ4n) is 4.49. The van der Waals surface area contributed by atoms with E-state index >= 15 is 0 Å². The van der Waals surface area contributed by atoms with Gasteiger partial charge in [-0.2, -0.15) is 0 Å². The predicted molar refractivity (Wildman–Crippen MR) is 136 cm³/mol. The lowest BCUT2D eigenvalue weighted by Gasteiger charge is -2.22. The second-order valence-electron chi connectivity index (χ2n) is 8.96. The number of hydrogen-bond donors (Lipinski definition) is 0. The Morgan fingerprint density at radius 1 is 1.15 bits per heavy atom. The van der Waals surface area contributed by atoms with Crippen molar-refractivity contribution in [3.63, 3.8) is 0 Å². The summed E-state index contributed by atoms with van der Waals surface area (Å²) < 4.78 is 11.7. The van der Waals surface area contributed by atoms with Gasteiger partial charge in [-0.15, -0.1) is 22.0 Å². The fourth-order valence-corrected chi connectivity index (χ4v) is 5.12. The SMILES string of the molecule is CC1CC(/C=C/CN(C)C2CCCC2)=CC=C1c1nnc(CSCCOc2ccccc2)o1. The van der Waals surface area contributed by atoms with Crippen molar-refractivity contribution in [2.45, 2.75) is 50.8 Å². The molecular formula is C27H35N3O2S. The minimum absolute atomic E-state index is 0.363. The number of thioether (sulfide) groups is 1. The van der Waals surface area contributed by atoms with Crippen LogP contribution in [0.15, 0.2) is 64.6 Å². The van der Waals surface area contributed by atoms with E-state index in [1.54, 1.807) is 11.8 Å². The Balaban J connectivity index is 1.22. The van der Waals surface area contributed by atoms with E-state index < -0.39 is 0 Å². The molecule has 1 fully saturated rings. The van der Waals surface area contributed by atoms with Crippen molar-refractivity contribution < 1.29 is 9.15 Å². The Morgan fingerprint density at radius 2 is 1.97 bits per heavy atom. The summed E-state index contributed by atoms with van der Waals surface area (Å²) in [5.74, 6) is 4.17. The van der Waals surface area contributed by atoms with Crippen LogP contribution < -0.4 is 4.74 Å². The Kier molecular flexibility index (Phi) is 8.84. The van der Waals surface area contributed by atoms with Gasteiger partial charge in [-0.3, -0.25) is 4.90 Å². The number of nitrogens with zero attached hydrogens (tertiary/aromatic N) is 3. The molecule has 2 aliphatic carbocycles. The van der Waals surface area contributed by atoms with Gasteiger partial charge >= 0.3 is 0 Å². The lowest BCUT2D eigenvalue weighted by molar-refractivity contribution is 0.271. The molecule has 4 rings (SSSR count). The minimum Gasteiger partial charge on any atom is -0.493 e. The van der Waals surface area contributed by atoms with Crippen LogP contribution in [0.5, 0.6) is 5.75 Å². The van der Waals surface area contributed by atoms with E-state index in [2.05, 4.69) is 53.4 Å². The summed E-state index contributed by atoms with van der Waals surface area (Å²) in [5.41, 5.74) is 2.49. The quantitative estimate of drug-likeness (QED) is 0.370. The molecule has 1 unspecified atom stereocenters. The van der Waals surface area contributed by atoms with Gasteiger partial charge in [-0.25, -0.2) is 0 Å². The smallest absolute Gasteiger partial charge is 0.244 e. The first-order valence-corrected chi connectivity index (χ1v) is 13.2. The summed E-state index contributed by atoms with van der Waals surface area (Å²) in [6.45, 7) is 3.92. The molecule has 176 valence electrons. The zero-order valence-electron chi connectivity index (χ0n) is 19.8. The summed E-state index contributed by atoms with van der Waals surface area (Å²) in [6.07, 6.45) is 15.4. The van der Waals surface area contributed by atoms with Crippen LogP contribution >= 0.6 is 11.8 Å². The fraction of sp³-hybridized carbons (Fsp3) is 0.481. The zero-order chi connectivity index (χ0) is 22.9. The third-order valence-corrected chi connectivity index (χ3v) is 7.31. The van der Waals surface area contributed by atoms with Crippen molar-refractivity contribution in [2.24, 2.45) is 5.92 Å². The topological polar surface area (TPSA) is 51.4 Å². The van der Waals surface area contributed by atoms with Gasteiger partial charge in [0.2, 0.25) is 11.8 Å². The van der Waals surface area contributed by atoms with Crippen molar-refractivity contribution in [2.75, 3.05) is 26.0 Å². The summed E-state index contributed by atoms with van der Waals surface area (Å²) in [5, 5.41) is 8.56. The third kappa shape index (κ3) is 7.08. The largest absolute Gasteiger partial charge is 0.493 e. The maximum Gasteiger partial charge on any atom is 0.244 e. The molecule has 0 spiro atoms. The Morgan fingerprint density at radius 3 is 2.76 bits per heavy atom. The molecule has 0 aliphatic heterocycles. The average Bonchev–Trinajstić information content (AvgIpc) is 3.52. The molecule has 1 aromatic heterocycles. The zero-order valence-corrected chi connectivity index (χ0v) is 20.6. The maximum absolute atomic E-state index is 5.96. The maximum atomic E-state index is 5.96. The summed E-state index contributed by atoms with van der Waals surface area (Å²) in [4.78, 5) is 2.49. The van der Waals surface area contributed by atoms with E-state index in [-0.39, 0.29) is 0 Å². The average molecular weight is 466 g/mol. The van der Waals surface area contributed by atoms with Crippen LogP contribution in [0, 0.1) is 5.92 Å². The van der Waals surface area contributed by atoms with Crippen LogP contribution in [0.3, 0.4) is 0 Å². The number of hydrogen-bond acceptors (Lipinski definition) is 6. The first kappa shape index (κ1) is 23.8. The molecule has 2 aliphatic rings. The summed E-state index contributed by atoms with van der Waals surface area (Å²) >= 11 is 1.74. The Bertz CT molecular complexity index is 961. The van der Waals surface area contributed by atoms with Crippen LogP contribution in [0.2, 0.25) is 0 Å². The predicted octanol–water partition coefficient (Wildman–Crippen LogP) is 6.16. The number of aromatic nitrogens is 2. The van der Waals surface area contributed by atoms with E-state index in [9.17, 15) is 0 Å². The third-order valence-electron chi connectivity index (χ3n) is 6.40. The second kappa shape index (κ2) is 12.2. The van der Waals surface area contributed by atoms with E-state index in [1.807, 2.05) is 30.3 Å². The van der Waals surface area contributed by atoms with Crippen LogP contribution in [0.4, 0.5) is 0 Å². The van der Waals surface area contributed by atoms with Gasteiger partial charge in [0.15, 0.2) is 0 Å². The second-order valence-corrected chi connectivity index (χ2v) is 10.1. The molecule has 0 bridgehead atoms. The normalized spacial score (nSPS) is 19.3. The number of benzene rings is 1. The van der Waals surface area contributed by atoms with Crippen molar-refractivity contribution in [1.82, 2.24) is 15.1 Å². The Labute approximate surface area is 202 Å². The number of rotatable bonds is 11. The van der Waals surface area contributed by atoms with Gasteiger partial charge in [0, 0.05) is 23.9 Å². The highest BCUT2D eigenvalue weighted by Gasteiger charge is 2.21. The lowest BCUT2D eigenvalue weighted by atomic mass is 9.88. The van der Waals surface area contributed by atoms with E-state index in [1.165, 1.54) is 31.3 Å². The van der Waals surface area contributed by atoms with Crippen molar-refractivity contribution >= 4 is 17.3 Å². The van der Waals surface area contributed by atoms with E-state index in [0.717, 1.165) is 36.1 Å². The standard InChI is InChI=1S/C27H35N3O2S/c1-21-19-22(9-8-16-30(2)23-10-6-7-11-23)14-15-25(21)27-29-28-26(32-27)20-33-18-17-31-24-12-4-3-5-13-24/h3-5,8-9,12-15,21,23H,6-7,10-11,16-20H2,1-2H3/b9-8+. The molecule has 0 N–H and O–H groups in total. The number of ether oxygens (including phenoxy) is 1. The van der Waals surface area contributed by atoms with Crippen molar-refractivity contribution in [3.8, 4) is 5.75 Å². The lowest BCUT2D eigenvalue weighted by Crippen LogP contribution is -2.29. The van der Waals surface area contributed by atoms with Gasteiger partial charge in [-0.05, 0) is 49.9 Å². The summed E-state index contributed by atoms with van der Waals surface area (Å²) in [7, 11) is 2.25. The number of allylic oxidation sites excluding steroid dienone is 5. The molecule has 6 heteroatoms. The van der Waals surface area contributed by atoms with Crippen LogP contribution in [0.1, 0.15) is 50.8 Å². The molecule has 0 radical (unpaired) electrons. The highest BCUT2D eigenvalue weighted by atomic mass is 32.2. The van der Waals surface area contributed by atoms with Gasteiger partial charge in [0.05, 0.1) is 12.4 Å². The van der Waals surface area contributed by atoms with Crippen molar-refractivity contribution in [1.29, 1.82) is 0 Å². The molecule has 5 nitrogen and oxygen atoms in total. The molecule has 33 heavy (non-hydrogen) atoms. The molecule has 0 saturated heterocycles. The molecule has 0 amide bonds. The molecular weight excluding hydrogens is 430 g/mol.